The van der Waals surface area contributed by atoms with Gasteiger partial charge < -0.3 is 10.6 Å². The molecular weight excluding hydrogens is 288 g/mol. The number of fused-ring (bicyclic) bond motifs is 1. The molecule has 0 spiro atoms. The summed E-state index contributed by atoms with van der Waals surface area (Å²) >= 11 is 3.60. The van der Waals surface area contributed by atoms with Gasteiger partial charge in [-0.15, -0.1) is 11.3 Å². The first-order valence-electron chi connectivity index (χ1n) is 6.90. The summed E-state index contributed by atoms with van der Waals surface area (Å²) in [6.07, 6.45) is 0. The monoisotopic (exact) mass is 308 g/mol. The molecule has 1 aliphatic heterocycles. The van der Waals surface area contributed by atoms with Gasteiger partial charge >= 0.3 is 0 Å². The standard InChI is InChI=1S/C14H20N4S2/c1-17-4-6-18(7-5-17)8-9-19-14-16-12-3-2-11(15)10-13(12)20-14/h2-3,10H,4-9,15H2,1H3. The minimum Gasteiger partial charge on any atom is -0.399 e. The third-order valence-electron chi connectivity index (χ3n) is 3.62. The Morgan fingerprint density at radius 1 is 1.30 bits per heavy atom. The van der Waals surface area contributed by atoms with Crippen LogP contribution in [0.15, 0.2) is 22.5 Å². The summed E-state index contributed by atoms with van der Waals surface area (Å²) in [7, 11) is 2.19. The first kappa shape index (κ1) is 14.1. The number of anilines is 1. The van der Waals surface area contributed by atoms with E-state index in [-0.39, 0.29) is 0 Å². The van der Waals surface area contributed by atoms with Crippen molar-refractivity contribution in [3.63, 3.8) is 0 Å². The lowest BCUT2D eigenvalue weighted by molar-refractivity contribution is 0.161. The molecule has 0 bridgehead atoms. The van der Waals surface area contributed by atoms with Crippen LogP contribution < -0.4 is 5.73 Å². The number of rotatable bonds is 4. The Hall–Kier alpha value is -0.820. The van der Waals surface area contributed by atoms with E-state index in [1.54, 1.807) is 11.3 Å². The van der Waals surface area contributed by atoms with Gasteiger partial charge in [-0.25, -0.2) is 4.98 Å². The maximum Gasteiger partial charge on any atom is 0.151 e. The van der Waals surface area contributed by atoms with Crippen molar-refractivity contribution in [2.24, 2.45) is 0 Å². The maximum atomic E-state index is 5.80. The van der Waals surface area contributed by atoms with Crippen LogP contribution >= 0.6 is 23.1 Å². The van der Waals surface area contributed by atoms with Gasteiger partial charge in [-0.1, -0.05) is 11.8 Å². The molecule has 2 N–H and O–H groups in total. The zero-order valence-electron chi connectivity index (χ0n) is 11.7. The molecule has 108 valence electrons. The Morgan fingerprint density at radius 3 is 2.90 bits per heavy atom. The van der Waals surface area contributed by atoms with Crippen LogP contribution in [0.3, 0.4) is 0 Å². The lowest BCUT2D eigenvalue weighted by Gasteiger charge is -2.32. The van der Waals surface area contributed by atoms with Crippen LogP contribution in [0.2, 0.25) is 0 Å². The molecule has 0 amide bonds. The van der Waals surface area contributed by atoms with Crippen LogP contribution in [0.4, 0.5) is 5.69 Å². The van der Waals surface area contributed by atoms with Gasteiger partial charge in [-0.3, -0.25) is 4.90 Å². The molecule has 1 aromatic carbocycles. The number of likely N-dealkylation sites (N-methyl/N-ethyl adjacent to an activating group) is 1. The molecule has 1 aromatic heterocycles. The number of nitrogens with zero attached hydrogens (tertiary/aromatic N) is 3. The molecule has 0 aliphatic carbocycles. The predicted molar refractivity (Wildman–Crippen MR) is 88.7 cm³/mol. The van der Waals surface area contributed by atoms with Crippen molar-refractivity contribution < 1.29 is 0 Å². The summed E-state index contributed by atoms with van der Waals surface area (Å²) in [6, 6.07) is 5.93. The average Bonchev–Trinajstić information content (AvgIpc) is 2.83. The molecule has 4 nitrogen and oxygen atoms in total. The topological polar surface area (TPSA) is 45.4 Å². The van der Waals surface area contributed by atoms with Crippen molar-refractivity contribution in [3.8, 4) is 0 Å². The van der Waals surface area contributed by atoms with E-state index in [1.807, 2.05) is 30.0 Å². The fourth-order valence-corrected chi connectivity index (χ4v) is 4.50. The minimum atomic E-state index is 0.815. The molecule has 0 unspecified atom stereocenters. The number of hydrogen-bond donors (Lipinski definition) is 1. The molecule has 2 heterocycles. The van der Waals surface area contributed by atoms with Gasteiger partial charge in [0.2, 0.25) is 0 Å². The number of hydrogen-bond acceptors (Lipinski definition) is 6. The Bertz CT molecular complexity index is 576. The minimum absolute atomic E-state index is 0.815. The molecule has 2 aromatic rings. The Balaban J connectivity index is 1.52. The summed E-state index contributed by atoms with van der Waals surface area (Å²) in [5.41, 5.74) is 7.68. The lowest BCUT2D eigenvalue weighted by atomic mass is 10.3. The lowest BCUT2D eigenvalue weighted by Crippen LogP contribution is -2.45. The van der Waals surface area contributed by atoms with E-state index in [2.05, 4.69) is 21.8 Å². The smallest absolute Gasteiger partial charge is 0.151 e. The molecule has 20 heavy (non-hydrogen) atoms. The van der Waals surface area contributed by atoms with Crippen molar-refractivity contribution in [2.45, 2.75) is 4.34 Å². The van der Waals surface area contributed by atoms with E-state index in [1.165, 1.54) is 30.9 Å². The highest BCUT2D eigenvalue weighted by Gasteiger charge is 2.13. The second kappa shape index (κ2) is 6.30. The van der Waals surface area contributed by atoms with Crippen LogP contribution in [-0.4, -0.2) is 60.3 Å². The first-order chi connectivity index (χ1) is 9.70. The summed E-state index contributed by atoms with van der Waals surface area (Å²) in [6.45, 7) is 5.90. The van der Waals surface area contributed by atoms with E-state index in [0.29, 0.717) is 0 Å². The fraction of sp³-hybridized carbons (Fsp3) is 0.500. The van der Waals surface area contributed by atoms with Gasteiger partial charge in [0.25, 0.3) is 0 Å². The van der Waals surface area contributed by atoms with Crippen LogP contribution in [0.1, 0.15) is 0 Å². The Kier molecular flexibility index (Phi) is 4.45. The van der Waals surface area contributed by atoms with E-state index >= 15 is 0 Å². The normalized spacial score (nSPS) is 17.9. The SMILES string of the molecule is CN1CCN(CCSc2nc3ccc(N)cc3s2)CC1. The van der Waals surface area contributed by atoms with Crippen LogP contribution in [0.25, 0.3) is 10.2 Å². The van der Waals surface area contributed by atoms with Crippen molar-refractivity contribution in [2.75, 3.05) is 51.3 Å². The van der Waals surface area contributed by atoms with E-state index in [4.69, 9.17) is 5.73 Å². The number of thiazole rings is 1. The number of piperazine rings is 1. The molecule has 3 rings (SSSR count). The van der Waals surface area contributed by atoms with Gasteiger partial charge in [0.15, 0.2) is 4.34 Å². The van der Waals surface area contributed by atoms with Crippen molar-refractivity contribution in [1.29, 1.82) is 0 Å². The average molecular weight is 308 g/mol. The van der Waals surface area contributed by atoms with Crippen molar-refractivity contribution in [1.82, 2.24) is 14.8 Å². The summed E-state index contributed by atoms with van der Waals surface area (Å²) < 4.78 is 2.34. The van der Waals surface area contributed by atoms with Crippen molar-refractivity contribution >= 4 is 39.0 Å². The molecule has 0 radical (unpaired) electrons. The first-order valence-corrected chi connectivity index (χ1v) is 8.71. The number of aromatic nitrogens is 1. The van der Waals surface area contributed by atoms with E-state index in [0.717, 1.165) is 27.8 Å². The highest BCUT2D eigenvalue weighted by atomic mass is 32.2. The number of nitrogens with two attached hydrogens (primary N) is 1. The van der Waals surface area contributed by atoms with E-state index in [9.17, 15) is 0 Å². The highest BCUT2D eigenvalue weighted by Crippen LogP contribution is 2.30. The molecule has 1 fully saturated rings. The maximum absolute atomic E-state index is 5.80. The Morgan fingerprint density at radius 2 is 2.10 bits per heavy atom. The zero-order valence-corrected chi connectivity index (χ0v) is 13.3. The molecule has 0 saturated carbocycles. The van der Waals surface area contributed by atoms with Crippen LogP contribution in [-0.2, 0) is 0 Å². The second-order valence-corrected chi connectivity index (χ2v) is 7.57. The predicted octanol–water partition coefficient (Wildman–Crippen LogP) is 2.22. The molecule has 1 aliphatic rings. The van der Waals surface area contributed by atoms with Gasteiger partial charge in [-0.05, 0) is 25.2 Å². The van der Waals surface area contributed by atoms with Crippen LogP contribution in [0.5, 0.6) is 0 Å². The third kappa shape index (κ3) is 3.44. The Labute approximate surface area is 128 Å². The summed E-state index contributed by atoms with van der Waals surface area (Å²) in [5.74, 6) is 1.11. The van der Waals surface area contributed by atoms with Gasteiger partial charge in [-0.2, -0.15) is 0 Å². The van der Waals surface area contributed by atoms with Gasteiger partial charge in [0.05, 0.1) is 10.2 Å². The highest BCUT2D eigenvalue weighted by molar-refractivity contribution is 8.01. The molecule has 0 atom stereocenters. The largest absolute Gasteiger partial charge is 0.399 e. The second-order valence-electron chi connectivity index (χ2n) is 5.20. The summed E-state index contributed by atoms with van der Waals surface area (Å²) in [5, 5.41) is 0. The molecule has 1 saturated heterocycles. The van der Waals surface area contributed by atoms with Gasteiger partial charge in [0.1, 0.15) is 0 Å². The van der Waals surface area contributed by atoms with Crippen molar-refractivity contribution in [3.05, 3.63) is 18.2 Å². The molecular formula is C14H20N4S2. The number of benzene rings is 1. The zero-order chi connectivity index (χ0) is 13.9. The summed E-state index contributed by atoms with van der Waals surface area (Å²) in [4.78, 5) is 9.58. The fourth-order valence-electron chi connectivity index (χ4n) is 2.32. The molecule has 6 heteroatoms. The van der Waals surface area contributed by atoms with E-state index < -0.39 is 0 Å². The quantitative estimate of drug-likeness (QED) is 0.693. The number of thioether (sulfide) groups is 1. The van der Waals surface area contributed by atoms with Gasteiger partial charge in [0, 0.05) is 44.2 Å². The third-order valence-corrected chi connectivity index (χ3v) is 5.76. The number of nitrogen functional groups attached to an aromatic ring is 1. The van der Waals surface area contributed by atoms with Crippen LogP contribution in [0, 0.1) is 0 Å².